The number of anilines is 2. The lowest BCUT2D eigenvalue weighted by atomic mass is 9.92. The van der Waals surface area contributed by atoms with Crippen molar-refractivity contribution in [3.05, 3.63) is 90.1 Å². The van der Waals surface area contributed by atoms with Crippen molar-refractivity contribution in [2.24, 2.45) is 0 Å². The molecule has 0 aliphatic carbocycles. The van der Waals surface area contributed by atoms with Crippen molar-refractivity contribution in [1.82, 2.24) is 4.98 Å². The molecule has 0 saturated carbocycles. The molecule has 2 amide bonds. The number of rotatable bonds is 3. The van der Waals surface area contributed by atoms with Crippen LogP contribution in [-0.2, 0) is 16.0 Å². The third-order valence-electron chi connectivity index (χ3n) is 5.66. The maximum atomic E-state index is 13.5. The Labute approximate surface area is 180 Å². The number of fused-ring (bicyclic) bond motifs is 2. The van der Waals surface area contributed by atoms with E-state index in [-0.39, 0.29) is 24.8 Å². The van der Waals surface area contributed by atoms with Gasteiger partial charge in [-0.1, -0.05) is 60.7 Å². The van der Waals surface area contributed by atoms with Gasteiger partial charge in [-0.25, -0.2) is 0 Å². The second-order valence-electron chi connectivity index (χ2n) is 7.66. The van der Waals surface area contributed by atoms with E-state index < -0.39 is 0 Å². The fourth-order valence-corrected chi connectivity index (χ4v) is 4.23. The SMILES string of the molecule is Cc1nc2ccccc2c(-c2ccccc2)c1CC(=O)N1CC(=O)Nc2ccccc21. The van der Waals surface area contributed by atoms with E-state index in [1.165, 1.54) is 0 Å². The van der Waals surface area contributed by atoms with E-state index in [0.29, 0.717) is 5.69 Å². The number of aromatic nitrogens is 1. The number of nitrogens with zero attached hydrogens (tertiary/aromatic N) is 2. The molecule has 5 heteroatoms. The number of hydrogen-bond acceptors (Lipinski definition) is 3. The van der Waals surface area contributed by atoms with Crippen molar-refractivity contribution in [2.75, 3.05) is 16.8 Å². The number of hydrogen-bond donors (Lipinski definition) is 1. The quantitative estimate of drug-likeness (QED) is 0.534. The Balaban J connectivity index is 1.62. The van der Waals surface area contributed by atoms with Crippen LogP contribution in [0.25, 0.3) is 22.0 Å². The summed E-state index contributed by atoms with van der Waals surface area (Å²) in [5.41, 5.74) is 6.05. The first-order chi connectivity index (χ1) is 15.1. The number of aryl methyl sites for hydroxylation is 1. The predicted octanol–water partition coefficient (Wildman–Crippen LogP) is 4.74. The lowest BCUT2D eigenvalue weighted by Crippen LogP contribution is -2.43. The van der Waals surface area contributed by atoms with Crippen LogP contribution in [0.3, 0.4) is 0 Å². The largest absolute Gasteiger partial charge is 0.323 e. The maximum Gasteiger partial charge on any atom is 0.244 e. The van der Waals surface area contributed by atoms with E-state index in [1.807, 2.05) is 73.7 Å². The first-order valence-electron chi connectivity index (χ1n) is 10.2. The molecule has 152 valence electrons. The van der Waals surface area contributed by atoms with Crippen LogP contribution >= 0.6 is 0 Å². The van der Waals surface area contributed by atoms with E-state index in [2.05, 4.69) is 17.4 Å². The summed E-state index contributed by atoms with van der Waals surface area (Å²) in [4.78, 5) is 32.0. The Bertz CT molecular complexity index is 1320. The van der Waals surface area contributed by atoms with Crippen molar-refractivity contribution in [1.29, 1.82) is 0 Å². The van der Waals surface area contributed by atoms with Gasteiger partial charge in [-0.15, -0.1) is 0 Å². The summed E-state index contributed by atoms with van der Waals surface area (Å²) >= 11 is 0. The fraction of sp³-hybridized carbons (Fsp3) is 0.115. The summed E-state index contributed by atoms with van der Waals surface area (Å²) in [5.74, 6) is -0.316. The van der Waals surface area contributed by atoms with Gasteiger partial charge in [0, 0.05) is 11.1 Å². The third-order valence-corrected chi connectivity index (χ3v) is 5.66. The molecule has 5 nitrogen and oxygen atoms in total. The summed E-state index contributed by atoms with van der Waals surface area (Å²) in [6.45, 7) is 1.95. The highest BCUT2D eigenvalue weighted by Gasteiger charge is 2.28. The van der Waals surface area contributed by atoms with Gasteiger partial charge in [0.1, 0.15) is 6.54 Å². The van der Waals surface area contributed by atoms with Gasteiger partial charge in [-0.2, -0.15) is 0 Å². The van der Waals surface area contributed by atoms with Gasteiger partial charge in [0.15, 0.2) is 0 Å². The molecule has 1 aliphatic heterocycles. The van der Waals surface area contributed by atoms with Gasteiger partial charge in [0.05, 0.1) is 23.3 Å². The van der Waals surface area contributed by atoms with Crippen LogP contribution in [0.5, 0.6) is 0 Å². The monoisotopic (exact) mass is 407 g/mol. The topological polar surface area (TPSA) is 62.3 Å². The molecule has 0 bridgehead atoms. The van der Waals surface area contributed by atoms with Crippen molar-refractivity contribution < 1.29 is 9.59 Å². The number of carbonyl (C=O) groups excluding carboxylic acids is 2. The number of para-hydroxylation sites is 3. The molecule has 1 aliphatic rings. The van der Waals surface area contributed by atoms with Gasteiger partial charge < -0.3 is 10.2 Å². The van der Waals surface area contributed by atoms with Gasteiger partial charge in [0.2, 0.25) is 11.8 Å². The molecule has 3 aromatic carbocycles. The Morgan fingerprint density at radius 1 is 0.968 bits per heavy atom. The fourth-order valence-electron chi connectivity index (χ4n) is 4.23. The van der Waals surface area contributed by atoms with Crippen LogP contribution in [0.2, 0.25) is 0 Å². The molecule has 0 saturated heterocycles. The Morgan fingerprint density at radius 2 is 1.68 bits per heavy atom. The van der Waals surface area contributed by atoms with Crippen LogP contribution in [0.15, 0.2) is 78.9 Å². The maximum absolute atomic E-state index is 13.5. The highest BCUT2D eigenvalue weighted by atomic mass is 16.2. The first-order valence-corrected chi connectivity index (χ1v) is 10.2. The van der Waals surface area contributed by atoms with Crippen molar-refractivity contribution >= 4 is 34.1 Å². The van der Waals surface area contributed by atoms with E-state index in [9.17, 15) is 9.59 Å². The van der Waals surface area contributed by atoms with Crippen molar-refractivity contribution in [3.8, 4) is 11.1 Å². The summed E-state index contributed by atoms with van der Waals surface area (Å²) in [6, 6.07) is 25.5. The van der Waals surface area contributed by atoms with Crippen LogP contribution in [0, 0.1) is 6.92 Å². The number of nitrogens with one attached hydrogen (secondary N) is 1. The molecule has 0 unspecified atom stereocenters. The van der Waals surface area contributed by atoms with E-state index in [1.54, 1.807) is 4.90 Å². The zero-order valence-electron chi connectivity index (χ0n) is 17.1. The van der Waals surface area contributed by atoms with E-state index in [0.717, 1.165) is 39.0 Å². The average molecular weight is 407 g/mol. The zero-order valence-corrected chi connectivity index (χ0v) is 17.1. The lowest BCUT2D eigenvalue weighted by molar-refractivity contribution is -0.121. The molecule has 1 aromatic heterocycles. The number of amides is 2. The molecular formula is C26H21N3O2. The second-order valence-corrected chi connectivity index (χ2v) is 7.66. The molecule has 1 N–H and O–H groups in total. The van der Waals surface area contributed by atoms with E-state index >= 15 is 0 Å². The van der Waals surface area contributed by atoms with Crippen LogP contribution < -0.4 is 10.2 Å². The minimum atomic E-state index is -0.191. The van der Waals surface area contributed by atoms with Crippen molar-refractivity contribution in [2.45, 2.75) is 13.3 Å². The Kier molecular flexibility index (Phi) is 4.71. The van der Waals surface area contributed by atoms with Gasteiger partial charge in [0.25, 0.3) is 0 Å². The molecule has 31 heavy (non-hydrogen) atoms. The van der Waals surface area contributed by atoms with E-state index in [4.69, 9.17) is 4.98 Å². The molecule has 0 atom stereocenters. The number of carbonyl (C=O) groups is 2. The molecular weight excluding hydrogens is 386 g/mol. The zero-order chi connectivity index (χ0) is 21.4. The smallest absolute Gasteiger partial charge is 0.244 e. The summed E-state index contributed by atoms with van der Waals surface area (Å²) in [5, 5.41) is 3.85. The average Bonchev–Trinajstić information content (AvgIpc) is 2.79. The van der Waals surface area contributed by atoms with Crippen LogP contribution in [0.4, 0.5) is 11.4 Å². The van der Waals surface area contributed by atoms with Gasteiger partial charge in [-0.05, 0) is 41.8 Å². The highest BCUT2D eigenvalue weighted by molar-refractivity contribution is 6.11. The Morgan fingerprint density at radius 3 is 2.52 bits per heavy atom. The summed E-state index contributed by atoms with van der Waals surface area (Å²) < 4.78 is 0. The highest BCUT2D eigenvalue weighted by Crippen LogP contribution is 2.35. The number of pyridine rings is 1. The molecule has 0 radical (unpaired) electrons. The molecule has 5 rings (SSSR count). The normalized spacial score (nSPS) is 13.1. The predicted molar refractivity (Wildman–Crippen MR) is 123 cm³/mol. The van der Waals surface area contributed by atoms with Gasteiger partial charge in [-0.3, -0.25) is 14.6 Å². The third kappa shape index (κ3) is 3.44. The summed E-state index contributed by atoms with van der Waals surface area (Å²) in [7, 11) is 0. The molecule has 4 aromatic rings. The Hall–Kier alpha value is -3.99. The standard InChI is InChI=1S/C26H21N3O2/c1-17-20(15-25(31)29-16-24(30)28-22-13-7-8-14-23(22)29)26(18-9-3-2-4-10-18)19-11-5-6-12-21(19)27-17/h2-14H,15-16H2,1H3,(H,28,30). The first kappa shape index (κ1) is 19.0. The van der Waals surface area contributed by atoms with Crippen LogP contribution in [-0.4, -0.2) is 23.3 Å². The molecule has 0 spiro atoms. The molecule has 2 heterocycles. The molecule has 0 fully saturated rings. The minimum absolute atomic E-state index is 0.0105. The van der Waals surface area contributed by atoms with Gasteiger partial charge >= 0.3 is 0 Å². The van der Waals surface area contributed by atoms with Crippen LogP contribution in [0.1, 0.15) is 11.3 Å². The lowest BCUT2D eigenvalue weighted by Gasteiger charge is -2.29. The minimum Gasteiger partial charge on any atom is -0.323 e. The number of benzene rings is 3. The van der Waals surface area contributed by atoms with Crippen molar-refractivity contribution in [3.63, 3.8) is 0 Å². The second kappa shape index (κ2) is 7.69. The summed E-state index contributed by atoms with van der Waals surface area (Å²) in [6.07, 6.45) is 0.162.